The lowest BCUT2D eigenvalue weighted by atomic mass is 9.57. The van der Waals surface area contributed by atoms with Crippen LogP contribution in [0.1, 0.15) is 38.3 Å². The maximum Gasteiger partial charge on any atom is 0.255 e. The summed E-state index contributed by atoms with van der Waals surface area (Å²) in [7, 11) is 3.11. The van der Waals surface area contributed by atoms with Gasteiger partial charge < -0.3 is 31.5 Å². The lowest BCUT2D eigenvalue weighted by molar-refractivity contribution is -0.153. The Balaban J connectivity index is 1.62. The average molecular weight is 590 g/mol. The quantitative estimate of drug-likeness (QED) is 0.291. The Morgan fingerprint density at radius 2 is 1.65 bits per heavy atom. The van der Waals surface area contributed by atoms with E-state index in [1.165, 1.54) is 11.0 Å². The Morgan fingerprint density at radius 3 is 2.21 bits per heavy atom. The van der Waals surface area contributed by atoms with Crippen LogP contribution in [0.25, 0.3) is 16.9 Å². The van der Waals surface area contributed by atoms with E-state index in [1.54, 1.807) is 44.4 Å². The molecule has 5 rings (SSSR count). The second-order valence-corrected chi connectivity index (χ2v) is 12.7. The van der Waals surface area contributed by atoms with Crippen molar-refractivity contribution in [3.63, 3.8) is 0 Å². The highest BCUT2D eigenvalue weighted by Gasteiger charge is 2.64. The maximum absolute atomic E-state index is 14.0. The predicted molar refractivity (Wildman–Crippen MR) is 158 cm³/mol. The highest BCUT2D eigenvalue weighted by Crippen LogP contribution is 2.53. The Morgan fingerprint density at radius 1 is 1.02 bits per heavy atom. The molecule has 0 bridgehead atoms. The second-order valence-electron chi connectivity index (χ2n) is 12.7. The van der Waals surface area contributed by atoms with Crippen molar-refractivity contribution in [1.82, 2.24) is 4.90 Å². The first kappa shape index (κ1) is 30.0. The minimum absolute atomic E-state index is 0.00136. The summed E-state index contributed by atoms with van der Waals surface area (Å²) in [5, 5.41) is 47.9. The van der Waals surface area contributed by atoms with Crippen molar-refractivity contribution in [3.05, 3.63) is 64.4 Å². The smallest absolute Gasteiger partial charge is 0.255 e. The molecule has 1 fully saturated rings. The third kappa shape index (κ3) is 4.50. The number of carbonyl (C=O) groups excluding carboxylic acids is 4. The van der Waals surface area contributed by atoms with Gasteiger partial charge in [-0.1, -0.05) is 39.0 Å². The molecule has 0 spiro atoms. The number of rotatable bonds is 4. The van der Waals surface area contributed by atoms with Crippen molar-refractivity contribution in [2.24, 2.45) is 23.0 Å². The average Bonchev–Trinajstić information content (AvgIpc) is 2.90. The molecule has 0 aliphatic heterocycles. The molecule has 0 heterocycles. The SMILES string of the molecule is CN(C)[C@@H]1C(=O)C(C(N)=O)=C(O)[C@@]2(O)C(=O)C3=C(O)c4c(O)ccc(-c5ccc(NC(=O)C(C)(C)C)cc5)c4C[C@H]3C[C@@H]12. The molecule has 2 aromatic carbocycles. The zero-order valence-corrected chi connectivity index (χ0v) is 24.6. The number of benzene rings is 2. The summed E-state index contributed by atoms with van der Waals surface area (Å²) in [5.74, 6) is -7.10. The summed E-state index contributed by atoms with van der Waals surface area (Å²) in [4.78, 5) is 53.3. The molecule has 11 nitrogen and oxygen atoms in total. The minimum Gasteiger partial charge on any atom is -0.508 e. The summed E-state index contributed by atoms with van der Waals surface area (Å²) in [6.45, 7) is 5.42. The molecule has 2 amide bonds. The Labute approximate surface area is 248 Å². The topological polar surface area (TPSA) is 190 Å². The number of fused-ring (bicyclic) bond motifs is 3. The summed E-state index contributed by atoms with van der Waals surface area (Å²) in [6.07, 6.45) is 0.166. The van der Waals surface area contributed by atoms with E-state index in [0.717, 1.165) is 5.56 Å². The van der Waals surface area contributed by atoms with Gasteiger partial charge in [-0.3, -0.25) is 24.1 Å². The van der Waals surface area contributed by atoms with Crippen molar-refractivity contribution in [3.8, 4) is 16.9 Å². The van der Waals surface area contributed by atoms with Crippen LogP contribution in [0.4, 0.5) is 5.69 Å². The number of carbonyl (C=O) groups is 4. The van der Waals surface area contributed by atoms with Crippen molar-refractivity contribution in [2.75, 3.05) is 19.4 Å². The summed E-state index contributed by atoms with van der Waals surface area (Å²) < 4.78 is 0. The number of hydrogen-bond donors (Lipinski definition) is 6. The predicted octanol–water partition coefficient (Wildman–Crippen LogP) is 2.62. The van der Waals surface area contributed by atoms with Gasteiger partial charge in [-0.15, -0.1) is 0 Å². The number of aliphatic hydroxyl groups excluding tert-OH is 2. The number of ketones is 2. The molecule has 226 valence electrons. The first-order chi connectivity index (χ1) is 20.0. The molecule has 1 saturated carbocycles. The van der Waals surface area contributed by atoms with Crippen LogP contribution < -0.4 is 11.1 Å². The van der Waals surface area contributed by atoms with Crippen LogP contribution in [0.5, 0.6) is 5.75 Å². The molecule has 0 unspecified atom stereocenters. The van der Waals surface area contributed by atoms with Crippen LogP contribution in [0.15, 0.2) is 53.3 Å². The molecule has 3 aliphatic rings. The van der Waals surface area contributed by atoms with Gasteiger partial charge in [0.1, 0.15) is 22.8 Å². The van der Waals surface area contributed by atoms with E-state index in [1.807, 2.05) is 20.8 Å². The Bertz CT molecular complexity index is 1650. The van der Waals surface area contributed by atoms with Crippen LogP contribution in [0.2, 0.25) is 0 Å². The number of nitrogens with one attached hydrogen (secondary N) is 1. The molecule has 43 heavy (non-hydrogen) atoms. The first-order valence-electron chi connectivity index (χ1n) is 13.9. The zero-order valence-electron chi connectivity index (χ0n) is 24.6. The second kappa shape index (κ2) is 10.1. The fourth-order valence-electron chi connectivity index (χ4n) is 6.57. The lowest BCUT2D eigenvalue weighted by Crippen LogP contribution is -2.65. The molecule has 7 N–H and O–H groups in total. The van der Waals surface area contributed by atoms with Gasteiger partial charge in [0.15, 0.2) is 11.4 Å². The Hall–Kier alpha value is -4.48. The molecule has 0 saturated heterocycles. The summed E-state index contributed by atoms with van der Waals surface area (Å²) in [5.41, 5.74) is 3.60. The Kier molecular flexibility index (Phi) is 7.02. The van der Waals surface area contributed by atoms with Crippen LogP contribution in [0.3, 0.4) is 0 Å². The fourth-order valence-corrected chi connectivity index (χ4v) is 6.57. The van der Waals surface area contributed by atoms with Crippen molar-refractivity contribution < 1.29 is 39.6 Å². The highest BCUT2D eigenvalue weighted by molar-refractivity contribution is 6.24. The third-order valence-electron chi connectivity index (χ3n) is 8.74. The van der Waals surface area contributed by atoms with Gasteiger partial charge in [0.25, 0.3) is 5.91 Å². The normalized spacial score (nSPS) is 25.3. The molecule has 4 atom stereocenters. The number of aromatic hydroxyl groups is 1. The van der Waals surface area contributed by atoms with E-state index >= 15 is 0 Å². The maximum atomic E-state index is 14.0. The fraction of sp³-hybridized carbons (Fsp3) is 0.375. The molecule has 3 aliphatic carbocycles. The van der Waals surface area contributed by atoms with Gasteiger partial charge in [-0.2, -0.15) is 0 Å². The standard InChI is InChI=1S/C32H35N3O8/c1-31(2,3)30(42)34-16-8-6-14(7-9-16)17-10-11-20(36)22-18(17)12-15-13-19-24(35(4)5)26(38)23(29(33)41)28(40)32(19,43)27(39)21(15)25(22)37/h6-11,15,19,24,36-37,40,43H,12-13H2,1-5H3,(H2,33,41)(H,34,42)/t15-,19-,24-,32-/m0/s1. The number of anilines is 1. The van der Waals surface area contributed by atoms with E-state index in [0.29, 0.717) is 16.8 Å². The van der Waals surface area contributed by atoms with Gasteiger partial charge in [0, 0.05) is 22.6 Å². The molecule has 0 radical (unpaired) electrons. The van der Waals surface area contributed by atoms with Crippen molar-refractivity contribution in [1.29, 1.82) is 0 Å². The summed E-state index contributed by atoms with van der Waals surface area (Å²) in [6, 6.07) is 8.99. The largest absolute Gasteiger partial charge is 0.508 e. The zero-order chi connectivity index (χ0) is 31.8. The number of phenolic OH excluding ortho intramolecular Hbond substituents is 1. The molecule has 2 aromatic rings. The minimum atomic E-state index is -2.69. The van der Waals surface area contributed by atoms with Gasteiger partial charge in [0.2, 0.25) is 11.7 Å². The molecule has 0 aromatic heterocycles. The van der Waals surface area contributed by atoms with Crippen LogP contribution in [-0.2, 0) is 25.6 Å². The van der Waals surface area contributed by atoms with Gasteiger partial charge in [0.05, 0.1) is 11.6 Å². The number of nitrogens with two attached hydrogens (primary N) is 1. The number of likely N-dealkylation sites (N-methyl/N-ethyl adjacent to an activating group) is 1. The number of Topliss-reactive ketones (excluding diaryl/α,β-unsaturated/α-hetero) is 2. The van der Waals surface area contributed by atoms with Crippen molar-refractivity contribution >= 4 is 34.8 Å². The van der Waals surface area contributed by atoms with Gasteiger partial charge >= 0.3 is 0 Å². The first-order valence-corrected chi connectivity index (χ1v) is 13.9. The van der Waals surface area contributed by atoms with E-state index in [2.05, 4.69) is 5.32 Å². The number of hydrogen-bond acceptors (Lipinski definition) is 9. The monoisotopic (exact) mass is 589 g/mol. The molecular formula is C32H35N3O8. The van der Waals surface area contributed by atoms with Gasteiger partial charge in [-0.25, -0.2) is 0 Å². The number of nitrogens with zero attached hydrogens (tertiary/aromatic N) is 1. The van der Waals surface area contributed by atoms with Crippen LogP contribution in [0, 0.1) is 17.3 Å². The number of primary amides is 1. The third-order valence-corrected chi connectivity index (χ3v) is 8.74. The number of phenols is 1. The number of amides is 2. The van der Waals surface area contributed by atoms with Crippen LogP contribution in [-0.4, -0.2) is 74.4 Å². The van der Waals surface area contributed by atoms with Gasteiger partial charge in [-0.05, 0) is 67.7 Å². The summed E-state index contributed by atoms with van der Waals surface area (Å²) >= 11 is 0. The van der Waals surface area contributed by atoms with E-state index < -0.39 is 63.5 Å². The lowest BCUT2D eigenvalue weighted by Gasteiger charge is -2.50. The van der Waals surface area contributed by atoms with Crippen molar-refractivity contribution in [2.45, 2.75) is 45.3 Å². The van der Waals surface area contributed by atoms with Crippen LogP contribution >= 0.6 is 0 Å². The van der Waals surface area contributed by atoms with E-state index in [9.17, 15) is 39.6 Å². The van der Waals surface area contributed by atoms with E-state index in [4.69, 9.17) is 5.73 Å². The molecular weight excluding hydrogens is 554 g/mol. The van der Waals surface area contributed by atoms with E-state index in [-0.39, 0.29) is 35.6 Å². The number of aliphatic hydroxyl groups is 3. The highest BCUT2D eigenvalue weighted by atomic mass is 16.3. The molecule has 11 heteroatoms.